The van der Waals surface area contributed by atoms with E-state index in [9.17, 15) is 18.0 Å². The van der Waals surface area contributed by atoms with E-state index in [1.54, 1.807) is 6.92 Å². The summed E-state index contributed by atoms with van der Waals surface area (Å²) in [5.41, 5.74) is -1.05. The van der Waals surface area contributed by atoms with Gasteiger partial charge in [0.15, 0.2) is 6.29 Å². The van der Waals surface area contributed by atoms with Crippen LogP contribution < -0.4 is 0 Å². The lowest BCUT2D eigenvalue weighted by molar-refractivity contribution is -0.143. The van der Waals surface area contributed by atoms with E-state index in [-0.39, 0.29) is 6.61 Å². The minimum atomic E-state index is -4.62. The average Bonchev–Trinajstić information content (AvgIpc) is 2.25. The molecule has 0 saturated carbocycles. The molecule has 0 fully saturated rings. The van der Waals surface area contributed by atoms with Crippen molar-refractivity contribution in [2.24, 2.45) is 0 Å². The standard InChI is InChI=1S/C10H15F3O4/c1-4-17-9(16-3)6-7(10(11,12)13)5-8(14)15-2/h6,9H,4-5H2,1-3H3/b7-6+. The number of methoxy groups -OCH3 is 2. The second-order valence-electron chi connectivity index (χ2n) is 3.00. The van der Waals surface area contributed by atoms with E-state index in [1.807, 2.05) is 0 Å². The molecule has 0 aromatic heterocycles. The summed E-state index contributed by atoms with van der Waals surface area (Å²) in [7, 11) is 2.23. The van der Waals surface area contributed by atoms with Gasteiger partial charge in [0.2, 0.25) is 0 Å². The third-order valence-corrected chi connectivity index (χ3v) is 1.83. The third kappa shape index (κ3) is 6.28. The Kier molecular flexibility index (Phi) is 6.82. The molecule has 100 valence electrons. The van der Waals surface area contributed by atoms with Crippen LogP contribution in [-0.2, 0) is 19.0 Å². The molecule has 4 nitrogen and oxygen atoms in total. The highest BCUT2D eigenvalue weighted by Gasteiger charge is 2.35. The number of halogens is 3. The van der Waals surface area contributed by atoms with Crippen molar-refractivity contribution < 1.29 is 32.2 Å². The summed E-state index contributed by atoms with van der Waals surface area (Å²) in [6, 6.07) is 0. The number of rotatable bonds is 6. The van der Waals surface area contributed by atoms with Crippen molar-refractivity contribution in [1.29, 1.82) is 0 Å². The van der Waals surface area contributed by atoms with Gasteiger partial charge in [-0.2, -0.15) is 13.2 Å². The first-order valence-electron chi connectivity index (χ1n) is 4.84. The predicted octanol–water partition coefficient (Wildman–Crippen LogP) is 2.05. The van der Waals surface area contributed by atoms with Gasteiger partial charge in [0, 0.05) is 19.3 Å². The van der Waals surface area contributed by atoms with Crippen LogP contribution in [0.5, 0.6) is 0 Å². The van der Waals surface area contributed by atoms with Crippen molar-refractivity contribution in [3.8, 4) is 0 Å². The van der Waals surface area contributed by atoms with E-state index in [0.29, 0.717) is 0 Å². The van der Waals surface area contributed by atoms with Gasteiger partial charge in [0.1, 0.15) is 0 Å². The minimum absolute atomic E-state index is 0.193. The second kappa shape index (κ2) is 7.29. The molecule has 0 N–H and O–H groups in total. The normalized spacial score (nSPS) is 14.6. The average molecular weight is 256 g/mol. The van der Waals surface area contributed by atoms with Crippen molar-refractivity contribution in [3.05, 3.63) is 11.6 Å². The van der Waals surface area contributed by atoms with Crippen molar-refractivity contribution in [1.82, 2.24) is 0 Å². The van der Waals surface area contributed by atoms with Gasteiger partial charge in [-0.05, 0) is 13.0 Å². The molecule has 0 rings (SSSR count). The largest absolute Gasteiger partial charge is 0.469 e. The monoisotopic (exact) mass is 256 g/mol. The first kappa shape index (κ1) is 15.9. The molecule has 1 unspecified atom stereocenters. The van der Waals surface area contributed by atoms with Crippen molar-refractivity contribution in [2.75, 3.05) is 20.8 Å². The van der Waals surface area contributed by atoms with Gasteiger partial charge >= 0.3 is 12.1 Å². The molecule has 0 amide bonds. The summed E-state index contributed by atoms with van der Waals surface area (Å²) in [5, 5.41) is 0. The molecule has 7 heteroatoms. The third-order valence-electron chi connectivity index (χ3n) is 1.83. The van der Waals surface area contributed by atoms with Crippen LogP contribution in [-0.4, -0.2) is 39.3 Å². The molecular formula is C10H15F3O4. The second-order valence-corrected chi connectivity index (χ2v) is 3.00. The zero-order valence-electron chi connectivity index (χ0n) is 9.84. The summed E-state index contributed by atoms with van der Waals surface area (Å²) in [5.74, 6) is -0.972. The maximum absolute atomic E-state index is 12.6. The van der Waals surface area contributed by atoms with Crippen LogP contribution >= 0.6 is 0 Å². The molecular weight excluding hydrogens is 241 g/mol. The molecule has 0 aliphatic heterocycles. The summed E-state index contributed by atoms with van der Waals surface area (Å²) in [4.78, 5) is 10.9. The highest BCUT2D eigenvalue weighted by molar-refractivity contribution is 5.72. The smallest absolute Gasteiger partial charge is 0.413 e. The van der Waals surface area contributed by atoms with Crippen LogP contribution in [0.25, 0.3) is 0 Å². The lowest BCUT2D eigenvalue weighted by atomic mass is 10.1. The zero-order chi connectivity index (χ0) is 13.5. The van der Waals surface area contributed by atoms with Gasteiger partial charge in [0.25, 0.3) is 0 Å². The minimum Gasteiger partial charge on any atom is -0.469 e. The van der Waals surface area contributed by atoms with E-state index < -0.39 is 30.4 Å². The lowest BCUT2D eigenvalue weighted by Crippen LogP contribution is -2.21. The fraction of sp³-hybridized carbons (Fsp3) is 0.700. The van der Waals surface area contributed by atoms with Crippen LogP contribution in [0.15, 0.2) is 11.6 Å². The zero-order valence-corrected chi connectivity index (χ0v) is 9.84. The summed E-state index contributed by atoms with van der Waals surface area (Å²) >= 11 is 0. The quantitative estimate of drug-likeness (QED) is 0.414. The Bertz CT molecular complexity index is 273. The molecule has 0 aliphatic rings. The Morgan fingerprint density at radius 3 is 2.29 bits per heavy atom. The summed E-state index contributed by atoms with van der Waals surface area (Å²) in [6.45, 7) is 1.81. The van der Waals surface area contributed by atoms with Crippen molar-refractivity contribution in [2.45, 2.75) is 25.8 Å². The molecule has 1 atom stereocenters. The molecule has 0 saturated heterocycles. The molecule has 0 aliphatic carbocycles. The van der Waals surface area contributed by atoms with Crippen LogP contribution in [0.2, 0.25) is 0 Å². The van der Waals surface area contributed by atoms with Gasteiger partial charge < -0.3 is 14.2 Å². The topological polar surface area (TPSA) is 44.8 Å². The Morgan fingerprint density at radius 1 is 1.35 bits per heavy atom. The van der Waals surface area contributed by atoms with Gasteiger partial charge in [-0.1, -0.05) is 0 Å². The first-order valence-corrected chi connectivity index (χ1v) is 4.84. The highest BCUT2D eigenvalue weighted by Crippen LogP contribution is 2.29. The van der Waals surface area contributed by atoms with Gasteiger partial charge in [-0.3, -0.25) is 4.79 Å². The maximum Gasteiger partial charge on any atom is 0.413 e. The molecule has 0 aromatic carbocycles. The number of ether oxygens (including phenoxy) is 3. The molecule has 0 spiro atoms. The van der Waals surface area contributed by atoms with E-state index in [4.69, 9.17) is 4.74 Å². The SMILES string of the molecule is CCOC(/C=C(\CC(=O)OC)C(F)(F)F)OC. The fourth-order valence-electron chi connectivity index (χ4n) is 0.994. The van der Waals surface area contributed by atoms with E-state index >= 15 is 0 Å². The Hall–Kier alpha value is -1.08. The van der Waals surface area contributed by atoms with Crippen LogP contribution in [0, 0.1) is 0 Å². The van der Waals surface area contributed by atoms with Gasteiger partial charge in [-0.25, -0.2) is 0 Å². The van der Waals surface area contributed by atoms with Gasteiger partial charge in [0.05, 0.1) is 13.5 Å². The van der Waals surface area contributed by atoms with E-state index in [1.165, 1.54) is 7.11 Å². The van der Waals surface area contributed by atoms with Crippen LogP contribution in [0.3, 0.4) is 0 Å². The van der Waals surface area contributed by atoms with Crippen LogP contribution in [0.1, 0.15) is 13.3 Å². The summed E-state index contributed by atoms with van der Waals surface area (Å²) < 4.78 is 51.5. The maximum atomic E-state index is 12.6. The number of alkyl halides is 3. The Labute approximate surface area is 97.3 Å². The fourth-order valence-corrected chi connectivity index (χ4v) is 0.994. The van der Waals surface area contributed by atoms with Crippen molar-refractivity contribution in [3.63, 3.8) is 0 Å². The molecule has 0 bridgehead atoms. The summed E-state index contributed by atoms with van der Waals surface area (Å²) in [6.07, 6.45) is -5.91. The lowest BCUT2D eigenvalue weighted by Gasteiger charge is -2.15. The number of hydrogen-bond acceptors (Lipinski definition) is 4. The Balaban J connectivity index is 4.89. The predicted molar refractivity (Wildman–Crippen MR) is 53.2 cm³/mol. The molecule has 0 aromatic rings. The first-order chi connectivity index (χ1) is 7.85. The molecule has 0 radical (unpaired) electrons. The molecule has 0 heterocycles. The number of carbonyl (C=O) groups is 1. The highest BCUT2D eigenvalue weighted by atomic mass is 19.4. The van der Waals surface area contributed by atoms with Crippen LogP contribution in [0.4, 0.5) is 13.2 Å². The molecule has 17 heavy (non-hydrogen) atoms. The van der Waals surface area contributed by atoms with E-state index in [2.05, 4.69) is 9.47 Å². The Morgan fingerprint density at radius 2 is 1.94 bits per heavy atom. The number of carbonyl (C=O) groups excluding carboxylic acids is 1. The van der Waals surface area contributed by atoms with E-state index in [0.717, 1.165) is 13.2 Å². The van der Waals surface area contributed by atoms with Gasteiger partial charge in [-0.15, -0.1) is 0 Å². The number of hydrogen-bond donors (Lipinski definition) is 0. The number of esters is 1. The van der Waals surface area contributed by atoms with Crippen molar-refractivity contribution >= 4 is 5.97 Å².